The third kappa shape index (κ3) is 6.84. The number of carbonyl (C=O) groups excluding carboxylic acids is 1. The lowest BCUT2D eigenvalue weighted by atomic mass is 10.1. The van der Waals surface area contributed by atoms with Gasteiger partial charge in [-0.15, -0.1) is 0 Å². The van der Waals surface area contributed by atoms with Gasteiger partial charge in [-0.25, -0.2) is 0 Å². The molecular weight excluding hydrogens is 344 g/mol. The van der Waals surface area contributed by atoms with Crippen LogP contribution in [0.15, 0.2) is 54.1 Å². The van der Waals surface area contributed by atoms with Gasteiger partial charge < -0.3 is 19.9 Å². The first-order valence-corrected chi connectivity index (χ1v) is 8.51. The normalized spacial score (nSPS) is 10.9. The Hall–Kier alpha value is -3.30. The fourth-order valence-electron chi connectivity index (χ4n) is 2.21. The molecule has 2 N–H and O–H groups in total. The molecule has 0 aromatic heterocycles. The molecule has 0 aliphatic rings. The first kappa shape index (κ1) is 20.0. The highest BCUT2D eigenvalue weighted by molar-refractivity contribution is 6.00. The lowest BCUT2D eigenvalue weighted by molar-refractivity contribution is -0.114. The van der Waals surface area contributed by atoms with Crippen molar-refractivity contribution in [3.8, 4) is 17.6 Å². The van der Waals surface area contributed by atoms with Crippen LogP contribution >= 0.6 is 0 Å². The Morgan fingerprint density at radius 3 is 2.37 bits per heavy atom. The van der Waals surface area contributed by atoms with Gasteiger partial charge in [0.2, 0.25) is 0 Å². The zero-order valence-corrected chi connectivity index (χ0v) is 15.2. The van der Waals surface area contributed by atoms with Crippen molar-refractivity contribution in [1.82, 2.24) is 0 Å². The predicted octanol–water partition coefficient (Wildman–Crippen LogP) is 2.86. The molecule has 1 amide bonds. The number of rotatable bonds is 10. The van der Waals surface area contributed by atoms with Crippen molar-refractivity contribution >= 4 is 12.0 Å². The average molecular weight is 366 g/mol. The van der Waals surface area contributed by atoms with Crippen LogP contribution in [0.4, 0.5) is 0 Å². The molecule has 0 unspecified atom stereocenters. The second-order valence-electron chi connectivity index (χ2n) is 5.69. The van der Waals surface area contributed by atoms with Crippen molar-refractivity contribution in [2.24, 2.45) is 5.73 Å². The van der Waals surface area contributed by atoms with Gasteiger partial charge in [0.1, 0.15) is 36.4 Å². The second kappa shape index (κ2) is 10.6. The minimum Gasteiger partial charge on any atom is -0.491 e. The Morgan fingerprint density at radius 1 is 1.04 bits per heavy atom. The fourth-order valence-corrected chi connectivity index (χ4v) is 2.21. The second-order valence-corrected chi connectivity index (χ2v) is 5.69. The molecule has 0 fully saturated rings. The number of nitrogens with zero attached hydrogens (tertiary/aromatic N) is 1. The molecule has 6 heteroatoms. The number of hydrogen-bond acceptors (Lipinski definition) is 5. The molecule has 6 nitrogen and oxygen atoms in total. The van der Waals surface area contributed by atoms with Crippen molar-refractivity contribution in [3.63, 3.8) is 0 Å². The van der Waals surface area contributed by atoms with Gasteiger partial charge in [0.05, 0.1) is 13.2 Å². The maximum Gasteiger partial charge on any atom is 0.259 e. The van der Waals surface area contributed by atoms with E-state index in [9.17, 15) is 4.79 Å². The topological polar surface area (TPSA) is 94.6 Å². The Labute approximate surface area is 158 Å². The van der Waals surface area contributed by atoms with Gasteiger partial charge in [-0.05, 0) is 31.2 Å². The predicted molar refractivity (Wildman–Crippen MR) is 102 cm³/mol. The lowest BCUT2D eigenvalue weighted by Gasteiger charge is -2.10. The highest BCUT2D eigenvalue weighted by atomic mass is 16.5. The number of amides is 1. The molecule has 0 heterocycles. The van der Waals surface area contributed by atoms with E-state index >= 15 is 0 Å². The van der Waals surface area contributed by atoms with Crippen LogP contribution in [0.2, 0.25) is 0 Å². The standard InChI is InChI=1S/C21H22N2O4/c1-16-6-8-19(9-7-16)26-12-10-25-11-13-27-20-5-3-2-4-17(20)14-18(15-22)21(23)24/h2-9,14H,10-13H2,1H3,(H2,23,24). The maximum atomic E-state index is 11.2. The summed E-state index contributed by atoms with van der Waals surface area (Å²) in [6.45, 7) is 3.63. The van der Waals surface area contributed by atoms with Gasteiger partial charge in [-0.2, -0.15) is 5.26 Å². The molecule has 0 aliphatic carbocycles. The third-order valence-corrected chi connectivity index (χ3v) is 3.61. The van der Waals surface area contributed by atoms with Crippen LogP contribution in [0.25, 0.3) is 6.08 Å². The molecule has 0 spiro atoms. The summed E-state index contributed by atoms with van der Waals surface area (Å²) >= 11 is 0. The number of hydrogen-bond donors (Lipinski definition) is 1. The Balaban J connectivity index is 1.73. The Kier molecular flexibility index (Phi) is 7.89. The Bertz CT molecular complexity index is 823. The summed E-state index contributed by atoms with van der Waals surface area (Å²) in [4.78, 5) is 11.2. The number of nitriles is 1. The highest BCUT2D eigenvalue weighted by Crippen LogP contribution is 2.20. The van der Waals surface area contributed by atoms with Gasteiger partial charge in [0, 0.05) is 5.56 Å². The molecule has 0 atom stereocenters. The summed E-state index contributed by atoms with van der Waals surface area (Å²) < 4.78 is 16.7. The molecular formula is C21H22N2O4. The van der Waals surface area contributed by atoms with E-state index in [-0.39, 0.29) is 5.57 Å². The van der Waals surface area contributed by atoms with Crippen LogP contribution in [0, 0.1) is 18.3 Å². The van der Waals surface area contributed by atoms with Crippen molar-refractivity contribution in [3.05, 3.63) is 65.2 Å². The maximum absolute atomic E-state index is 11.2. The van der Waals surface area contributed by atoms with E-state index in [1.165, 1.54) is 11.6 Å². The minimum atomic E-state index is -0.774. The van der Waals surface area contributed by atoms with E-state index in [0.29, 0.717) is 37.7 Å². The van der Waals surface area contributed by atoms with E-state index < -0.39 is 5.91 Å². The van der Waals surface area contributed by atoms with Crippen LogP contribution in [0.3, 0.4) is 0 Å². The SMILES string of the molecule is Cc1ccc(OCCOCCOc2ccccc2C=C(C#N)C(N)=O)cc1. The quantitative estimate of drug-likeness (QED) is 0.396. The number of primary amides is 1. The van der Waals surface area contributed by atoms with Crippen LogP contribution in [-0.2, 0) is 9.53 Å². The van der Waals surface area contributed by atoms with Crippen molar-refractivity contribution in [2.45, 2.75) is 6.92 Å². The lowest BCUT2D eigenvalue weighted by Crippen LogP contribution is -2.13. The van der Waals surface area contributed by atoms with E-state index in [1.807, 2.05) is 31.2 Å². The molecule has 0 aliphatic heterocycles. The van der Waals surface area contributed by atoms with Crippen molar-refractivity contribution in [2.75, 3.05) is 26.4 Å². The number of benzene rings is 2. The summed E-state index contributed by atoms with van der Waals surface area (Å²) in [6, 6.07) is 16.7. The minimum absolute atomic E-state index is 0.129. The van der Waals surface area contributed by atoms with E-state index in [0.717, 1.165) is 5.75 Å². The molecule has 0 saturated carbocycles. The summed E-state index contributed by atoms with van der Waals surface area (Å²) in [6.07, 6.45) is 1.41. The summed E-state index contributed by atoms with van der Waals surface area (Å²) in [5, 5.41) is 8.95. The van der Waals surface area contributed by atoms with Crippen LogP contribution < -0.4 is 15.2 Å². The van der Waals surface area contributed by atoms with E-state index in [4.69, 9.17) is 25.2 Å². The summed E-state index contributed by atoms with van der Waals surface area (Å²) in [5.41, 5.74) is 6.82. The van der Waals surface area contributed by atoms with Gasteiger partial charge in [-0.1, -0.05) is 35.9 Å². The summed E-state index contributed by atoms with van der Waals surface area (Å²) in [7, 11) is 0. The Morgan fingerprint density at radius 2 is 1.70 bits per heavy atom. The monoisotopic (exact) mass is 366 g/mol. The molecule has 2 aromatic carbocycles. The van der Waals surface area contributed by atoms with Gasteiger partial charge in [-0.3, -0.25) is 4.79 Å². The molecule has 0 saturated heterocycles. The van der Waals surface area contributed by atoms with Gasteiger partial charge in [0.25, 0.3) is 5.91 Å². The van der Waals surface area contributed by atoms with E-state index in [2.05, 4.69) is 0 Å². The molecule has 2 rings (SSSR count). The van der Waals surface area contributed by atoms with Crippen molar-refractivity contribution < 1.29 is 19.0 Å². The first-order valence-electron chi connectivity index (χ1n) is 8.51. The zero-order chi connectivity index (χ0) is 19.5. The average Bonchev–Trinajstić information content (AvgIpc) is 2.67. The first-order chi connectivity index (χ1) is 13.1. The van der Waals surface area contributed by atoms with Crippen LogP contribution in [0.1, 0.15) is 11.1 Å². The molecule has 27 heavy (non-hydrogen) atoms. The van der Waals surface area contributed by atoms with Crippen molar-refractivity contribution in [1.29, 1.82) is 5.26 Å². The van der Waals surface area contributed by atoms with Crippen LogP contribution in [0.5, 0.6) is 11.5 Å². The molecule has 0 radical (unpaired) electrons. The smallest absolute Gasteiger partial charge is 0.259 e. The summed E-state index contributed by atoms with van der Waals surface area (Å²) in [5.74, 6) is 0.583. The van der Waals surface area contributed by atoms with Crippen LogP contribution in [-0.4, -0.2) is 32.3 Å². The fraction of sp³-hybridized carbons (Fsp3) is 0.238. The number of para-hydroxylation sites is 1. The van der Waals surface area contributed by atoms with E-state index in [1.54, 1.807) is 30.3 Å². The molecule has 2 aromatic rings. The zero-order valence-electron chi connectivity index (χ0n) is 15.2. The third-order valence-electron chi connectivity index (χ3n) is 3.61. The molecule has 140 valence electrons. The molecule has 0 bridgehead atoms. The number of nitrogens with two attached hydrogens (primary N) is 1. The number of ether oxygens (including phenoxy) is 3. The largest absolute Gasteiger partial charge is 0.491 e. The highest BCUT2D eigenvalue weighted by Gasteiger charge is 2.07. The number of aryl methyl sites for hydroxylation is 1. The van der Waals surface area contributed by atoms with Gasteiger partial charge >= 0.3 is 0 Å². The number of carbonyl (C=O) groups is 1. The van der Waals surface area contributed by atoms with Gasteiger partial charge in [0.15, 0.2) is 0 Å².